The van der Waals surface area contributed by atoms with E-state index < -0.39 is 0 Å². The molecule has 0 bridgehead atoms. The summed E-state index contributed by atoms with van der Waals surface area (Å²) in [5, 5.41) is 3.18. The Hall–Kier alpha value is -1.13. The Labute approximate surface area is 129 Å². The first-order valence-corrected chi connectivity index (χ1v) is 7.52. The molecule has 1 N–H and O–H groups in total. The van der Waals surface area contributed by atoms with E-state index in [2.05, 4.69) is 51.0 Å². The lowest BCUT2D eigenvalue weighted by Gasteiger charge is -2.23. The van der Waals surface area contributed by atoms with Gasteiger partial charge in [0.1, 0.15) is 0 Å². The van der Waals surface area contributed by atoms with Crippen LogP contribution in [0.15, 0.2) is 12.1 Å². The first kappa shape index (κ1) is 17.9. The molecule has 0 radical (unpaired) electrons. The number of hydrogen-bond donors (Lipinski definition) is 1. The lowest BCUT2D eigenvalue weighted by molar-refractivity contribution is 0.00505. The number of hydrogen-bond acceptors (Lipinski definition) is 4. The van der Waals surface area contributed by atoms with Crippen LogP contribution in [-0.4, -0.2) is 31.3 Å². The van der Waals surface area contributed by atoms with Gasteiger partial charge in [-0.05, 0) is 32.5 Å². The number of aromatic nitrogens is 1. The Morgan fingerprint density at radius 3 is 2.33 bits per heavy atom. The molecule has 0 aliphatic heterocycles. The normalized spacial score (nSPS) is 12.5. The minimum Gasteiger partial charge on any atom is -0.478 e. The maximum absolute atomic E-state index is 5.85. The summed E-state index contributed by atoms with van der Waals surface area (Å²) < 4.78 is 11.3. The zero-order chi connectivity index (χ0) is 16.1. The molecule has 0 aliphatic rings. The minimum atomic E-state index is -0.171. The molecule has 0 aliphatic carbocycles. The van der Waals surface area contributed by atoms with E-state index in [0.717, 1.165) is 18.7 Å². The summed E-state index contributed by atoms with van der Waals surface area (Å²) in [6.45, 7) is 12.0. The van der Waals surface area contributed by atoms with Crippen LogP contribution in [0.5, 0.6) is 5.88 Å². The van der Waals surface area contributed by atoms with E-state index >= 15 is 0 Å². The molecule has 0 fully saturated rings. The molecule has 21 heavy (non-hydrogen) atoms. The first-order valence-electron chi connectivity index (χ1n) is 7.52. The fourth-order valence-electron chi connectivity index (χ4n) is 1.83. The maximum Gasteiger partial charge on any atom is 0.213 e. The number of pyridine rings is 1. The molecule has 1 heterocycles. The molecular weight excluding hydrogens is 264 g/mol. The highest BCUT2D eigenvalue weighted by Gasteiger charge is 2.19. The van der Waals surface area contributed by atoms with Gasteiger partial charge in [0.25, 0.3) is 0 Å². The van der Waals surface area contributed by atoms with Crippen molar-refractivity contribution < 1.29 is 9.47 Å². The second-order valence-corrected chi connectivity index (χ2v) is 7.04. The average Bonchev–Trinajstić information content (AvgIpc) is 2.38. The molecule has 0 unspecified atom stereocenters. The fraction of sp³-hybridized carbons (Fsp3) is 0.706. The molecule has 0 aromatic carbocycles. The van der Waals surface area contributed by atoms with Crippen molar-refractivity contribution in [2.24, 2.45) is 0 Å². The van der Waals surface area contributed by atoms with Crippen molar-refractivity contribution >= 4 is 0 Å². The molecular formula is C17H30N2O2. The molecule has 0 saturated carbocycles. The summed E-state index contributed by atoms with van der Waals surface area (Å²) in [4.78, 5) is 4.64. The Bertz CT molecular complexity index is 451. The predicted octanol–water partition coefficient (Wildman–Crippen LogP) is 3.29. The van der Waals surface area contributed by atoms with Crippen molar-refractivity contribution in [1.29, 1.82) is 0 Å². The van der Waals surface area contributed by atoms with Crippen LogP contribution in [0.25, 0.3) is 0 Å². The van der Waals surface area contributed by atoms with Gasteiger partial charge in [0.15, 0.2) is 0 Å². The summed E-state index contributed by atoms with van der Waals surface area (Å²) in [6, 6.07) is 4.15. The molecule has 0 atom stereocenters. The lowest BCUT2D eigenvalue weighted by atomic mass is 9.91. The predicted molar refractivity (Wildman–Crippen MR) is 86.9 cm³/mol. The van der Waals surface area contributed by atoms with E-state index in [0.29, 0.717) is 12.5 Å². The zero-order valence-electron chi connectivity index (χ0n) is 14.5. The molecule has 1 aromatic rings. The van der Waals surface area contributed by atoms with Crippen LogP contribution in [0, 0.1) is 0 Å². The average molecular weight is 294 g/mol. The van der Waals surface area contributed by atoms with E-state index in [1.807, 2.05) is 13.1 Å². The van der Waals surface area contributed by atoms with E-state index in [1.54, 1.807) is 7.11 Å². The Morgan fingerprint density at radius 2 is 1.81 bits per heavy atom. The van der Waals surface area contributed by atoms with Gasteiger partial charge >= 0.3 is 0 Å². The minimum absolute atomic E-state index is 0.00760. The van der Waals surface area contributed by atoms with Gasteiger partial charge in [-0.25, -0.2) is 4.98 Å². The SMILES string of the molecule is CNCc1cc(OCCC(C)(C)OC)nc(C(C)(C)C)c1. The van der Waals surface area contributed by atoms with E-state index in [-0.39, 0.29) is 11.0 Å². The highest BCUT2D eigenvalue weighted by molar-refractivity contribution is 5.28. The van der Waals surface area contributed by atoms with Gasteiger partial charge in [-0.15, -0.1) is 0 Å². The summed E-state index contributed by atoms with van der Waals surface area (Å²) in [6.07, 6.45) is 0.826. The topological polar surface area (TPSA) is 43.4 Å². The van der Waals surface area contributed by atoms with Crippen LogP contribution >= 0.6 is 0 Å². The van der Waals surface area contributed by atoms with Gasteiger partial charge in [0, 0.05) is 31.6 Å². The van der Waals surface area contributed by atoms with Gasteiger partial charge < -0.3 is 14.8 Å². The van der Waals surface area contributed by atoms with Crippen molar-refractivity contribution in [3.63, 3.8) is 0 Å². The standard InChI is InChI=1S/C17H30N2O2/c1-16(2,3)14-10-13(12-18-6)11-15(19-14)21-9-8-17(4,5)20-7/h10-11,18H,8-9,12H2,1-7H3. The van der Waals surface area contributed by atoms with Crippen molar-refractivity contribution in [2.75, 3.05) is 20.8 Å². The molecule has 0 saturated heterocycles. The third kappa shape index (κ3) is 6.02. The third-order valence-electron chi connectivity index (χ3n) is 3.52. The van der Waals surface area contributed by atoms with E-state index in [9.17, 15) is 0 Å². The van der Waals surface area contributed by atoms with Gasteiger partial charge in [0.2, 0.25) is 5.88 Å². The number of nitrogens with zero attached hydrogens (tertiary/aromatic N) is 1. The molecule has 120 valence electrons. The number of rotatable bonds is 7. The lowest BCUT2D eigenvalue weighted by Crippen LogP contribution is -2.25. The zero-order valence-corrected chi connectivity index (χ0v) is 14.5. The Kier molecular flexibility index (Phi) is 6.17. The highest BCUT2D eigenvalue weighted by Crippen LogP contribution is 2.24. The smallest absolute Gasteiger partial charge is 0.213 e. The summed E-state index contributed by atoms with van der Waals surface area (Å²) in [5.74, 6) is 0.694. The van der Waals surface area contributed by atoms with E-state index in [4.69, 9.17) is 9.47 Å². The largest absolute Gasteiger partial charge is 0.478 e. The Morgan fingerprint density at radius 1 is 1.14 bits per heavy atom. The van der Waals surface area contributed by atoms with E-state index in [1.165, 1.54) is 5.56 Å². The van der Waals surface area contributed by atoms with Gasteiger partial charge in [-0.3, -0.25) is 0 Å². The van der Waals surface area contributed by atoms with Crippen molar-refractivity contribution in [1.82, 2.24) is 10.3 Å². The third-order valence-corrected chi connectivity index (χ3v) is 3.52. The molecule has 1 aromatic heterocycles. The Balaban J connectivity index is 2.83. The highest BCUT2D eigenvalue weighted by atomic mass is 16.5. The van der Waals surface area contributed by atoms with Gasteiger partial charge in [0.05, 0.1) is 17.9 Å². The second-order valence-electron chi connectivity index (χ2n) is 7.04. The molecule has 0 amide bonds. The van der Waals surface area contributed by atoms with Gasteiger partial charge in [-0.1, -0.05) is 20.8 Å². The summed E-state index contributed by atoms with van der Waals surface area (Å²) in [5.41, 5.74) is 2.08. The van der Waals surface area contributed by atoms with Crippen LogP contribution in [0.2, 0.25) is 0 Å². The van der Waals surface area contributed by atoms with Crippen molar-refractivity contribution in [3.05, 3.63) is 23.4 Å². The summed E-state index contributed by atoms with van der Waals surface area (Å²) in [7, 11) is 3.67. The molecule has 4 heteroatoms. The van der Waals surface area contributed by atoms with Crippen molar-refractivity contribution in [2.45, 2.75) is 58.6 Å². The molecule has 4 nitrogen and oxygen atoms in total. The van der Waals surface area contributed by atoms with Crippen LogP contribution in [0.3, 0.4) is 0 Å². The number of ether oxygens (including phenoxy) is 2. The monoisotopic (exact) mass is 294 g/mol. The van der Waals surface area contributed by atoms with Crippen LogP contribution < -0.4 is 10.1 Å². The van der Waals surface area contributed by atoms with Crippen LogP contribution in [0.4, 0.5) is 0 Å². The maximum atomic E-state index is 5.85. The summed E-state index contributed by atoms with van der Waals surface area (Å²) >= 11 is 0. The molecule has 1 rings (SSSR count). The van der Waals surface area contributed by atoms with Crippen molar-refractivity contribution in [3.8, 4) is 5.88 Å². The first-order chi connectivity index (χ1) is 9.68. The quantitative estimate of drug-likeness (QED) is 0.838. The fourth-order valence-corrected chi connectivity index (χ4v) is 1.83. The second kappa shape index (κ2) is 7.23. The number of nitrogens with one attached hydrogen (secondary N) is 1. The van der Waals surface area contributed by atoms with Gasteiger partial charge in [-0.2, -0.15) is 0 Å². The van der Waals surface area contributed by atoms with Crippen LogP contribution in [0.1, 0.15) is 52.3 Å². The number of methoxy groups -OCH3 is 1. The molecule has 0 spiro atoms. The van der Waals surface area contributed by atoms with Crippen LogP contribution in [-0.2, 0) is 16.7 Å².